The molecule has 0 amide bonds. The Kier molecular flexibility index (Phi) is 4.00. The first-order valence-electron chi connectivity index (χ1n) is 6.21. The molecule has 2 rings (SSSR count). The number of ether oxygens (including phenoxy) is 1. The summed E-state index contributed by atoms with van der Waals surface area (Å²) in [4.78, 5) is 0. The minimum absolute atomic E-state index is 0.192. The van der Waals surface area contributed by atoms with Crippen LogP contribution in [0.5, 0.6) is 5.88 Å². The van der Waals surface area contributed by atoms with Gasteiger partial charge < -0.3 is 10.5 Å². The van der Waals surface area contributed by atoms with Crippen LogP contribution in [0.4, 0.5) is 5.69 Å². The third kappa shape index (κ3) is 2.84. The predicted octanol–water partition coefficient (Wildman–Crippen LogP) is 3.59. The summed E-state index contributed by atoms with van der Waals surface area (Å²) in [5, 5.41) is 5.07. The molecule has 0 atom stereocenters. The summed E-state index contributed by atoms with van der Waals surface area (Å²) in [5.41, 5.74) is 8.29. The lowest BCUT2D eigenvalue weighted by Gasteiger charge is -2.13. The average Bonchev–Trinajstić information content (AvgIpc) is 2.65. The second-order valence-corrected chi connectivity index (χ2v) is 5.13. The van der Waals surface area contributed by atoms with Crippen molar-refractivity contribution in [1.29, 1.82) is 0 Å². The van der Waals surface area contributed by atoms with E-state index in [0.29, 0.717) is 23.2 Å². The first kappa shape index (κ1) is 13.7. The number of nitrogen functional groups attached to an aromatic ring is 1. The molecule has 0 saturated heterocycles. The van der Waals surface area contributed by atoms with E-state index in [-0.39, 0.29) is 6.04 Å². The molecule has 0 aliphatic carbocycles. The number of nitrogens with two attached hydrogens (primary N) is 1. The average molecular weight is 280 g/mol. The van der Waals surface area contributed by atoms with Crippen LogP contribution >= 0.6 is 11.6 Å². The van der Waals surface area contributed by atoms with Crippen LogP contribution in [0.1, 0.15) is 31.1 Å². The molecule has 19 heavy (non-hydrogen) atoms. The van der Waals surface area contributed by atoms with Gasteiger partial charge in [0.1, 0.15) is 12.3 Å². The Bertz CT molecular complexity index is 578. The molecule has 0 radical (unpaired) electrons. The van der Waals surface area contributed by atoms with E-state index < -0.39 is 0 Å². The molecule has 0 saturated carbocycles. The summed E-state index contributed by atoms with van der Waals surface area (Å²) < 4.78 is 7.60. The molecule has 0 unspecified atom stereocenters. The molecule has 1 aromatic carbocycles. The Morgan fingerprint density at radius 2 is 2.05 bits per heavy atom. The van der Waals surface area contributed by atoms with Gasteiger partial charge in [0.05, 0.1) is 11.7 Å². The number of anilines is 1. The maximum absolute atomic E-state index is 6.10. The molecular formula is C14H18ClN3O. The lowest BCUT2D eigenvalue weighted by Crippen LogP contribution is -2.08. The Morgan fingerprint density at radius 3 is 2.68 bits per heavy atom. The molecule has 2 aromatic rings. The van der Waals surface area contributed by atoms with Gasteiger partial charge in [0.25, 0.3) is 0 Å². The van der Waals surface area contributed by atoms with Crippen molar-refractivity contribution in [2.75, 3.05) is 5.73 Å². The minimum atomic E-state index is 0.192. The fraction of sp³-hybridized carbons (Fsp3) is 0.357. The van der Waals surface area contributed by atoms with Gasteiger partial charge in [0.2, 0.25) is 5.88 Å². The van der Waals surface area contributed by atoms with Crippen LogP contribution < -0.4 is 10.5 Å². The monoisotopic (exact) mass is 279 g/mol. The lowest BCUT2D eigenvalue weighted by atomic mass is 10.2. The van der Waals surface area contributed by atoms with E-state index in [1.165, 1.54) is 0 Å². The Balaban J connectivity index is 2.22. The Hall–Kier alpha value is -1.68. The van der Waals surface area contributed by atoms with Crippen LogP contribution in [0.25, 0.3) is 0 Å². The number of hydrogen-bond donors (Lipinski definition) is 1. The first-order valence-corrected chi connectivity index (χ1v) is 6.59. The van der Waals surface area contributed by atoms with Crippen molar-refractivity contribution in [3.05, 3.63) is 40.5 Å². The van der Waals surface area contributed by atoms with E-state index in [1.54, 1.807) is 4.68 Å². The molecule has 102 valence electrons. The lowest BCUT2D eigenvalue weighted by molar-refractivity contribution is 0.266. The van der Waals surface area contributed by atoms with Gasteiger partial charge in [-0.15, -0.1) is 0 Å². The van der Waals surface area contributed by atoms with Gasteiger partial charge in [-0.1, -0.05) is 29.8 Å². The number of halogens is 1. The summed E-state index contributed by atoms with van der Waals surface area (Å²) in [5.74, 6) is 0.604. The number of nitrogens with zero attached hydrogens (tertiary/aromatic N) is 2. The van der Waals surface area contributed by atoms with Crippen LogP contribution in [0.3, 0.4) is 0 Å². The van der Waals surface area contributed by atoms with E-state index in [4.69, 9.17) is 22.1 Å². The van der Waals surface area contributed by atoms with Crippen molar-refractivity contribution in [3.8, 4) is 5.88 Å². The Labute approximate surface area is 118 Å². The first-order chi connectivity index (χ1) is 9.00. The summed E-state index contributed by atoms with van der Waals surface area (Å²) in [6, 6.07) is 7.79. The van der Waals surface area contributed by atoms with Crippen molar-refractivity contribution in [3.63, 3.8) is 0 Å². The van der Waals surface area contributed by atoms with E-state index in [0.717, 1.165) is 11.3 Å². The highest BCUT2D eigenvalue weighted by molar-refractivity contribution is 6.31. The summed E-state index contributed by atoms with van der Waals surface area (Å²) in [6.45, 7) is 6.32. The van der Waals surface area contributed by atoms with Crippen LogP contribution in [-0.2, 0) is 6.61 Å². The zero-order valence-electron chi connectivity index (χ0n) is 11.4. The maximum Gasteiger partial charge on any atom is 0.236 e. The van der Waals surface area contributed by atoms with E-state index >= 15 is 0 Å². The highest BCUT2D eigenvalue weighted by atomic mass is 35.5. The fourth-order valence-electron chi connectivity index (χ4n) is 1.79. The van der Waals surface area contributed by atoms with Crippen LogP contribution in [0, 0.1) is 6.92 Å². The number of aryl methyl sites for hydroxylation is 1. The molecule has 1 heterocycles. The molecule has 5 heteroatoms. The summed E-state index contributed by atoms with van der Waals surface area (Å²) in [7, 11) is 0. The summed E-state index contributed by atoms with van der Waals surface area (Å²) >= 11 is 6.10. The molecule has 0 spiro atoms. The Morgan fingerprint density at radius 1 is 1.37 bits per heavy atom. The zero-order chi connectivity index (χ0) is 14.0. The molecule has 0 aliphatic heterocycles. The number of aromatic nitrogens is 2. The highest BCUT2D eigenvalue weighted by Crippen LogP contribution is 2.29. The molecule has 0 fully saturated rings. The van der Waals surface area contributed by atoms with Crippen molar-refractivity contribution >= 4 is 17.3 Å². The van der Waals surface area contributed by atoms with Crippen LogP contribution in [0.2, 0.25) is 5.02 Å². The van der Waals surface area contributed by atoms with Gasteiger partial charge in [0.15, 0.2) is 0 Å². The molecule has 4 nitrogen and oxygen atoms in total. The third-order valence-electron chi connectivity index (χ3n) is 2.90. The standard InChI is InChI=1S/C14H18ClN3O/c1-9(2)18-14(13(16)10(3)17-18)19-8-11-6-4-5-7-12(11)15/h4-7,9H,8,16H2,1-3H3. The van der Waals surface area contributed by atoms with Crippen molar-refractivity contribution in [1.82, 2.24) is 9.78 Å². The largest absolute Gasteiger partial charge is 0.471 e. The van der Waals surface area contributed by atoms with Gasteiger partial charge >= 0.3 is 0 Å². The fourth-order valence-corrected chi connectivity index (χ4v) is 1.98. The van der Waals surface area contributed by atoms with Crippen LogP contribution in [-0.4, -0.2) is 9.78 Å². The molecule has 1 aromatic heterocycles. The quantitative estimate of drug-likeness (QED) is 0.930. The number of benzene rings is 1. The van der Waals surface area contributed by atoms with Crippen LogP contribution in [0.15, 0.2) is 24.3 Å². The molecule has 0 aliphatic rings. The SMILES string of the molecule is Cc1nn(C(C)C)c(OCc2ccccc2Cl)c1N. The van der Waals surface area contributed by atoms with Gasteiger partial charge in [-0.05, 0) is 26.8 Å². The van der Waals surface area contributed by atoms with E-state index in [9.17, 15) is 0 Å². The second-order valence-electron chi connectivity index (χ2n) is 4.72. The van der Waals surface area contributed by atoms with E-state index in [2.05, 4.69) is 5.10 Å². The molecule has 2 N–H and O–H groups in total. The predicted molar refractivity (Wildman–Crippen MR) is 77.5 cm³/mol. The zero-order valence-corrected chi connectivity index (χ0v) is 12.1. The smallest absolute Gasteiger partial charge is 0.236 e. The molecule has 0 bridgehead atoms. The van der Waals surface area contributed by atoms with Crippen molar-refractivity contribution in [2.45, 2.75) is 33.4 Å². The normalized spacial score (nSPS) is 11.0. The van der Waals surface area contributed by atoms with E-state index in [1.807, 2.05) is 45.0 Å². The van der Waals surface area contributed by atoms with Gasteiger partial charge in [-0.2, -0.15) is 5.10 Å². The van der Waals surface area contributed by atoms with Crippen molar-refractivity contribution < 1.29 is 4.74 Å². The van der Waals surface area contributed by atoms with Crippen molar-refractivity contribution in [2.24, 2.45) is 0 Å². The van der Waals surface area contributed by atoms with Gasteiger partial charge in [-0.25, -0.2) is 4.68 Å². The second kappa shape index (κ2) is 5.53. The van der Waals surface area contributed by atoms with Gasteiger partial charge in [-0.3, -0.25) is 0 Å². The topological polar surface area (TPSA) is 53.1 Å². The minimum Gasteiger partial charge on any atom is -0.471 e. The third-order valence-corrected chi connectivity index (χ3v) is 3.27. The highest BCUT2D eigenvalue weighted by Gasteiger charge is 2.16. The summed E-state index contributed by atoms with van der Waals surface area (Å²) in [6.07, 6.45) is 0. The number of hydrogen-bond acceptors (Lipinski definition) is 3. The molecular weight excluding hydrogens is 262 g/mol. The van der Waals surface area contributed by atoms with Gasteiger partial charge in [0, 0.05) is 10.6 Å². The maximum atomic E-state index is 6.10. The number of rotatable bonds is 4.